The van der Waals surface area contributed by atoms with Gasteiger partial charge in [0.1, 0.15) is 11.4 Å². The zero-order chi connectivity index (χ0) is 14.5. The van der Waals surface area contributed by atoms with Crippen molar-refractivity contribution >= 4 is 17.5 Å². The number of primary amides is 1. The predicted molar refractivity (Wildman–Crippen MR) is 73.7 cm³/mol. The van der Waals surface area contributed by atoms with E-state index >= 15 is 0 Å². The summed E-state index contributed by atoms with van der Waals surface area (Å²) in [4.78, 5) is 26.8. The molecule has 0 aliphatic heterocycles. The number of carbonyl (C=O) groups is 2. The lowest BCUT2D eigenvalue weighted by Crippen LogP contribution is -2.16. The number of carbonyl (C=O) groups excluding carboxylic acids is 2. The summed E-state index contributed by atoms with van der Waals surface area (Å²) in [6.07, 6.45) is 1.30. The molecule has 0 aliphatic rings. The van der Waals surface area contributed by atoms with Crippen LogP contribution in [0, 0.1) is 0 Å². The molecular weight excluding hydrogens is 258 g/mol. The Morgan fingerprint density at radius 3 is 2.55 bits per heavy atom. The number of nitrogens with two attached hydrogens (primary N) is 1. The van der Waals surface area contributed by atoms with E-state index in [2.05, 4.69) is 10.3 Å². The Kier molecular flexibility index (Phi) is 3.95. The highest BCUT2D eigenvalue weighted by Gasteiger charge is 2.10. The molecule has 0 radical (unpaired) electrons. The number of methoxy groups -OCH3 is 1. The zero-order valence-corrected chi connectivity index (χ0v) is 10.8. The number of anilines is 1. The molecule has 6 nitrogen and oxygen atoms in total. The molecule has 1 aromatic carbocycles. The van der Waals surface area contributed by atoms with Crippen LogP contribution in [0.2, 0.25) is 0 Å². The minimum atomic E-state index is -0.637. The summed E-state index contributed by atoms with van der Waals surface area (Å²) in [6, 6.07) is 9.94. The average Bonchev–Trinajstić information content (AvgIpc) is 2.48. The van der Waals surface area contributed by atoms with Gasteiger partial charge in [-0.1, -0.05) is 12.1 Å². The fourth-order valence-electron chi connectivity index (χ4n) is 1.62. The SMILES string of the molecule is COc1ccccc1NC(=O)c1ccc(C(N)=O)nc1. The maximum Gasteiger partial charge on any atom is 0.267 e. The van der Waals surface area contributed by atoms with Gasteiger partial charge in [-0.3, -0.25) is 14.6 Å². The predicted octanol–water partition coefficient (Wildman–Crippen LogP) is 1.44. The van der Waals surface area contributed by atoms with Gasteiger partial charge in [0.05, 0.1) is 18.4 Å². The number of pyridine rings is 1. The third-order valence-corrected chi connectivity index (χ3v) is 2.63. The molecule has 6 heteroatoms. The molecule has 1 heterocycles. The van der Waals surface area contributed by atoms with E-state index in [9.17, 15) is 9.59 Å². The molecule has 0 spiro atoms. The van der Waals surface area contributed by atoms with E-state index in [1.54, 1.807) is 24.3 Å². The Balaban J connectivity index is 2.17. The molecule has 0 atom stereocenters. The quantitative estimate of drug-likeness (QED) is 0.879. The average molecular weight is 271 g/mol. The summed E-state index contributed by atoms with van der Waals surface area (Å²) in [5, 5.41) is 2.71. The van der Waals surface area contributed by atoms with Crippen LogP contribution in [0.4, 0.5) is 5.69 Å². The summed E-state index contributed by atoms with van der Waals surface area (Å²) < 4.78 is 5.14. The molecule has 0 fully saturated rings. The van der Waals surface area contributed by atoms with E-state index in [0.717, 1.165) is 0 Å². The number of nitrogens with one attached hydrogen (secondary N) is 1. The molecule has 102 valence electrons. The smallest absolute Gasteiger partial charge is 0.267 e. The van der Waals surface area contributed by atoms with E-state index in [4.69, 9.17) is 10.5 Å². The molecule has 2 aromatic rings. The van der Waals surface area contributed by atoms with Gasteiger partial charge in [-0.15, -0.1) is 0 Å². The number of hydrogen-bond donors (Lipinski definition) is 2. The van der Waals surface area contributed by atoms with Crippen LogP contribution in [0.1, 0.15) is 20.8 Å². The van der Waals surface area contributed by atoms with Gasteiger partial charge in [-0.2, -0.15) is 0 Å². The largest absolute Gasteiger partial charge is 0.495 e. The highest BCUT2D eigenvalue weighted by atomic mass is 16.5. The Morgan fingerprint density at radius 2 is 1.95 bits per heavy atom. The van der Waals surface area contributed by atoms with Gasteiger partial charge >= 0.3 is 0 Å². The lowest BCUT2D eigenvalue weighted by atomic mass is 10.2. The summed E-state index contributed by atoms with van der Waals surface area (Å²) >= 11 is 0. The fraction of sp³-hybridized carbons (Fsp3) is 0.0714. The van der Waals surface area contributed by atoms with Crippen LogP contribution in [-0.4, -0.2) is 23.9 Å². The molecule has 0 bridgehead atoms. The van der Waals surface area contributed by atoms with Crippen molar-refractivity contribution in [3.05, 3.63) is 53.9 Å². The molecule has 3 N–H and O–H groups in total. The van der Waals surface area contributed by atoms with Gasteiger partial charge in [0.25, 0.3) is 11.8 Å². The normalized spacial score (nSPS) is 9.85. The summed E-state index contributed by atoms with van der Waals surface area (Å²) in [7, 11) is 1.52. The maximum atomic E-state index is 12.0. The first kappa shape index (κ1) is 13.5. The maximum absolute atomic E-state index is 12.0. The number of benzene rings is 1. The highest BCUT2D eigenvalue weighted by molar-refractivity contribution is 6.05. The minimum absolute atomic E-state index is 0.110. The molecule has 20 heavy (non-hydrogen) atoms. The van der Waals surface area contributed by atoms with Crippen molar-refractivity contribution in [3.8, 4) is 5.75 Å². The topological polar surface area (TPSA) is 94.3 Å². The van der Waals surface area contributed by atoms with Crippen LogP contribution in [-0.2, 0) is 0 Å². The molecule has 0 aliphatic carbocycles. The molecule has 0 saturated heterocycles. The highest BCUT2D eigenvalue weighted by Crippen LogP contribution is 2.23. The molecule has 1 aromatic heterocycles. The molecule has 2 amide bonds. The lowest BCUT2D eigenvalue weighted by Gasteiger charge is -2.09. The van der Waals surface area contributed by atoms with Crippen LogP contribution < -0.4 is 15.8 Å². The van der Waals surface area contributed by atoms with E-state index in [-0.39, 0.29) is 11.6 Å². The Labute approximate surface area is 115 Å². The van der Waals surface area contributed by atoms with Crippen LogP contribution >= 0.6 is 0 Å². The van der Waals surface area contributed by atoms with Crippen molar-refractivity contribution in [1.82, 2.24) is 4.98 Å². The second-order valence-corrected chi connectivity index (χ2v) is 3.95. The van der Waals surface area contributed by atoms with Crippen LogP contribution in [0.25, 0.3) is 0 Å². The van der Waals surface area contributed by atoms with E-state index in [0.29, 0.717) is 17.0 Å². The van der Waals surface area contributed by atoms with Gasteiger partial charge in [-0.05, 0) is 24.3 Å². The van der Waals surface area contributed by atoms with Gasteiger partial charge in [0.2, 0.25) is 0 Å². The number of hydrogen-bond acceptors (Lipinski definition) is 4. The standard InChI is InChI=1S/C14H13N3O3/c1-20-12-5-3-2-4-10(12)17-14(19)9-6-7-11(13(15)18)16-8-9/h2-8H,1H3,(H2,15,18)(H,17,19). The van der Waals surface area contributed by atoms with Crippen molar-refractivity contribution < 1.29 is 14.3 Å². The second kappa shape index (κ2) is 5.83. The summed E-state index contributed by atoms with van der Waals surface area (Å²) in [5.41, 5.74) is 6.07. The number of aromatic nitrogens is 1. The van der Waals surface area contributed by atoms with E-state index in [1.807, 2.05) is 0 Å². The molecule has 0 unspecified atom stereocenters. The van der Waals surface area contributed by atoms with Gasteiger partial charge in [-0.25, -0.2) is 0 Å². The number of amides is 2. The first-order chi connectivity index (χ1) is 9.61. The summed E-state index contributed by atoms with van der Waals surface area (Å²) in [5.74, 6) is -0.428. The van der Waals surface area contributed by atoms with Crippen molar-refractivity contribution in [2.45, 2.75) is 0 Å². The van der Waals surface area contributed by atoms with Crippen LogP contribution in [0.5, 0.6) is 5.75 Å². The number of ether oxygens (including phenoxy) is 1. The third-order valence-electron chi connectivity index (χ3n) is 2.63. The number of para-hydroxylation sites is 2. The zero-order valence-electron chi connectivity index (χ0n) is 10.8. The third kappa shape index (κ3) is 2.92. The van der Waals surface area contributed by atoms with Crippen molar-refractivity contribution in [2.24, 2.45) is 5.73 Å². The molecule has 0 saturated carbocycles. The van der Waals surface area contributed by atoms with Crippen LogP contribution in [0.3, 0.4) is 0 Å². The van der Waals surface area contributed by atoms with Gasteiger partial charge in [0.15, 0.2) is 0 Å². The molecular formula is C14H13N3O3. The minimum Gasteiger partial charge on any atom is -0.495 e. The summed E-state index contributed by atoms with van der Waals surface area (Å²) in [6.45, 7) is 0. The van der Waals surface area contributed by atoms with Crippen molar-refractivity contribution in [1.29, 1.82) is 0 Å². The number of nitrogens with zero attached hydrogens (tertiary/aromatic N) is 1. The van der Waals surface area contributed by atoms with Gasteiger partial charge in [0, 0.05) is 6.20 Å². The Hall–Kier alpha value is -2.89. The lowest BCUT2D eigenvalue weighted by molar-refractivity contribution is 0.0990. The van der Waals surface area contributed by atoms with E-state index < -0.39 is 5.91 Å². The first-order valence-electron chi connectivity index (χ1n) is 5.82. The van der Waals surface area contributed by atoms with Crippen molar-refractivity contribution in [3.63, 3.8) is 0 Å². The monoisotopic (exact) mass is 271 g/mol. The fourth-order valence-corrected chi connectivity index (χ4v) is 1.62. The van der Waals surface area contributed by atoms with Crippen molar-refractivity contribution in [2.75, 3.05) is 12.4 Å². The number of rotatable bonds is 4. The molecule has 2 rings (SSSR count). The van der Waals surface area contributed by atoms with Crippen LogP contribution in [0.15, 0.2) is 42.6 Å². The Bertz CT molecular complexity index is 638. The Morgan fingerprint density at radius 1 is 1.20 bits per heavy atom. The second-order valence-electron chi connectivity index (χ2n) is 3.95. The van der Waals surface area contributed by atoms with E-state index in [1.165, 1.54) is 25.4 Å². The first-order valence-corrected chi connectivity index (χ1v) is 5.82. The van der Waals surface area contributed by atoms with Gasteiger partial charge < -0.3 is 15.8 Å².